The van der Waals surface area contributed by atoms with Crippen LogP contribution in [0.1, 0.15) is 23.1 Å². The van der Waals surface area contributed by atoms with Gasteiger partial charge in [0.25, 0.3) is 5.91 Å². The minimum absolute atomic E-state index is 0.176. The van der Waals surface area contributed by atoms with E-state index in [9.17, 15) is 4.79 Å². The fraction of sp³-hybridized carbons (Fsp3) is 0.278. The first kappa shape index (κ1) is 18.0. The minimum atomic E-state index is -0.238. The smallest absolute Gasteiger partial charge is 0.269 e. The summed E-state index contributed by atoms with van der Waals surface area (Å²) in [5, 5.41) is 14.8. The Morgan fingerprint density at radius 2 is 2.12 bits per heavy atom. The summed E-state index contributed by atoms with van der Waals surface area (Å²) >= 11 is 5.84. The molecule has 1 atom stereocenters. The van der Waals surface area contributed by atoms with Crippen molar-refractivity contribution < 1.29 is 9.53 Å². The zero-order chi connectivity index (χ0) is 18.7. The highest BCUT2D eigenvalue weighted by molar-refractivity contribution is 6.30. The Kier molecular flexibility index (Phi) is 5.27. The van der Waals surface area contributed by atoms with Gasteiger partial charge in [0.1, 0.15) is 18.1 Å². The first-order valence-electron chi connectivity index (χ1n) is 8.17. The van der Waals surface area contributed by atoms with Crippen molar-refractivity contribution in [1.29, 1.82) is 0 Å². The lowest BCUT2D eigenvalue weighted by Gasteiger charge is -2.14. The predicted molar refractivity (Wildman–Crippen MR) is 99.4 cm³/mol. The summed E-state index contributed by atoms with van der Waals surface area (Å²) < 4.78 is 7.36. The fourth-order valence-electron chi connectivity index (χ4n) is 2.52. The van der Waals surface area contributed by atoms with Gasteiger partial charge in [0.15, 0.2) is 0 Å². The molecule has 0 saturated heterocycles. The molecule has 0 radical (unpaired) electrons. The van der Waals surface area contributed by atoms with E-state index in [1.54, 1.807) is 35.0 Å². The normalized spacial score (nSPS) is 12.0. The second kappa shape index (κ2) is 7.61. The molecule has 3 aromatic rings. The topological polar surface area (TPSA) is 84.8 Å². The number of carbonyl (C=O) groups excluding carboxylic acids is 1. The Hall–Kier alpha value is -2.80. The van der Waals surface area contributed by atoms with Crippen LogP contribution in [-0.4, -0.2) is 38.5 Å². The highest BCUT2D eigenvalue weighted by Crippen LogP contribution is 2.20. The molecule has 0 aliphatic heterocycles. The van der Waals surface area contributed by atoms with E-state index < -0.39 is 0 Å². The number of halogens is 1. The monoisotopic (exact) mass is 373 g/mol. The second-order valence-electron chi connectivity index (χ2n) is 6.11. The Morgan fingerprint density at radius 3 is 2.77 bits per heavy atom. The summed E-state index contributed by atoms with van der Waals surface area (Å²) in [6.45, 7) is 4.12. The van der Waals surface area contributed by atoms with Gasteiger partial charge in [0.2, 0.25) is 0 Å². The highest BCUT2D eigenvalue weighted by Gasteiger charge is 2.16. The van der Waals surface area contributed by atoms with Crippen LogP contribution in [0.2, 0.25) is 5.02 Å². The number of carbonyl (C=O) groups is 1. The molecule has 0 fully saturated rings. The summed E-state index contributed by atoms with van der Waals surface area (Å²) in [7, 11) is 1.85. The maximum absolute atomic E-state index is 12.4. The highest BCUT2D eigenvalue weighted by atomic mass is 35.5. The lowest BCUT2D eigenvalue weighted by molar-refractivity contribution is 0.0921. The summed E-state index contributed by atoms with van der Waals surface area (Å²) in [5.41, 5.74) is 2.82. The summed E-state index contributed by atoms with van der Waals surface area (Å²) in [6, 6.07) is 8.62. The average molecular weight is 374 g/mol. The lowest BCUT2D eigenvalue weighted by atomic mass is 10.2. The number of nitrogens with zero attached hydrogens (tertiary/aromatic N) is 3. The summed E-state index contributed by atoms with van der Waals surface area (Å²) in [4.78, 5) is 12.4. The maximum atomic E-state index is 12.4. The van der Waals surface area contributed by atoms with Gasteiger partial charge < -0.3 is 10.1 Å². The van der Waals surface area contributed by atoms with Crippen molar-refractivity contribution in [3.63, 3.8) is 0 Å². The number of hydrogen-bond donors (Lipinski definition) is 2. The van der Waals surface area contributed by atoms with Crippen LogP contribution in [0.3, 0.4) is 0 Å². The molecule has 0 aliphatic carbocycles. The predicted octanol–water partition coefficient (Wildman–Crippen LogP) is 2.97. The molecule has 0 saturated carbocycles. The first-order valence-corrected chi connectivity index (χ1v) is 8.55. The number of ether oxygens (including phenoxy) is 1. The van der Waals surface area contributed by atoms with E-state index in [0.717, 1.165) is 11.3 Å². The molecule has 26 heavy (non-hydrogen) atoms. The van der Waals surface area contributed by atoms with Crippen molar-refractivity contribution in [1.82, 2.24) is 25.3 Å². The van der Waals surface area contributed by atoms with Gasteiger partial charge in [-0.15, -0.1) is 0 Å². The van der Waals surface area contributed by atoms with Crippen LogP contribution in [0.4, 0.5) is 0 Å². The van der Waals surface area contributed by atoms with E-state index in [1.165, 1.54) is 0 Å². The standard InChI is InChI=1S/C18H20ClN5O2/c1-11(10-26-14-6-4-13(19)5-7-14)20-18(25)17-8-16(21-22-17)15-9-24(3)23-12(15)2/h4-9,11H,10H2,1-3H3,(H,20,25)(H,21,22). The first-order chi connectivity index (χ1) is 12.4. The van der Waals surface area contributed by atoms with E-state index in [4.69, 9.17) is 16.3 Å². The van der Waals surface area contributed by atoms with E-state index in [2.05, 4.69) is 20.6 Å². The number of aromatic nitrogens is 4. The van der Waals surface area contributed by atoms with Crippen LogP contribution < -0.4 is 10.1 Å². The van der Waals surface area contributed by atoms with Gasteiger partial charge in [-0.25, -0.2) is 0 Å². The molecule has 1 aromatic carbocycles. The van der Waals surface area contributed by atoms with E-state index in [-0.39, 0.29) is 11.9 Å². The molecule has 2 heterocycles. The van der Waals surface area contributed by atoms with Crippen LogP contribution in [0.15, 0.2) is 36.5 Å². The molecule has 1 amide bonds. The molecule has 0 spiro atoms. The van der Waals surface area contributed by atoms with Crippen molar-refractivity contribution in [3.8, 4) is 17.0 Å². The molecule has 7 nitrogen and oxygen atoms in total. The van der Waals surface area contributed by atoms with Crippen LogP contribution in [0, 0.1) is 6.92 Å². The molecule has 1 unspecified atom stereocenters. The minimum Gasteiger partial charge on any atom is -0.491 e. The van der Waals surface area contributed by atoms with Gasteiger partial charge in [-0.05, 0) is 44.2 Å². The van der Waals surface area contributed by atoms with E-state index >= 15 is 0 Å². The van der Waals surface area contributed by atoms with E-state index in [1.807, 2.05) is 27.1 Å². The summed E-state index contributed by atoms with van der Waals surface area (Å²) in [6.07, 6.45) is 1.87. The quantitative estimate of drug-likeness (QED) is 0.695. The molecule has 2 N–H and O–H groups in total. The zero-order valence-corrected chi connectivity index (χ0v) is 15.5. The van der Waals surface area contributed by atoms with E-state index in [0.29, 0.717) is 28.8 Å². The van der Waals surface area contributed by atoms with Gasteiger partial charge >= 0.3 is 0 Å². The number of aryl methyl sites for hydroxylation is 2. The maximum Gasteiger partial charge on any atom is 0.269 e. The molecular formula is C18H20ClN5O2. The third-order valence-electron chi connectivity index (χ3n) is 3.80. The Balaban J connectivity index is 1.57. The molecule has 0 aliphatic rings. The zero-order valence-electron chi connectivity index (χ0n) is 14.8. The molecule has 2 aromatic heterocycles. The lowest BCUT2D eigenvalue weighted by Crippen LogP contribution is -2.37. The SMILES string of the molecule is Cc1nn(C)cc1-c1cc(C(=O)NC(C)COc2ccc(Cl)cc2)[nH]n1. The number of aromatic amines is 1. The fourth-order valence-corrected chi connectivity index (χ4v) is 2.65. The van der Waals surface area contributed by atoms with Crippen molar-refractivity contribution in [2.45, 2.75) is 19.9 Å². The van der Waals surface area contributed by atoms with Crippen LogP contribution >= 0.6 is 11.6 Å². The van der Waals surface area contributed by atoms with Crippen molar-refractivity contribution in [2.75, 3.05) is 6.61 Å². The molecule has 8 heteroatoms. The average Bonchev–Trinajstić information content (AvgIpc) is 3.20. The Labute approximate surface area is 156 Å². The number of H-pyrrole nitrogens is 1. The van der Waals surface area contributed by atoms with Crippen LogP contribution in [-0.2, 0) is 7.05 Å². The number of amides is 1. The molecule has 136 valence electrons. The Morgan fingerprint density at radius 1 is 1.38 bits per heavy atom. The molecular weight excluding hydrogens is 354 g/mol. The number of rotatable bonds is 6. The Bertz CT molecular complexity index is 901. The van der Waals surface area contributed by atoms with Gasteiger partial charge in [-0.1, -0.05) is 11.6 Å². The second-order valence-corrected chi connectivity index (χ2v) is 6.54. The molecule has 0 bridgehead atoms. The van der Waals surface area contributed by atoms with Crippen molar-refractivity contribution >= 4 is 17.5 Å². The largest absolute Gasteiger partial charge is 0.491 e. The van der Waals surface area contributed by atoms with Crippen LogP contribution in [0.5, 0.6) is 5.75 Å². The van der Waals surface area contributed by atoms with Crippen molar-refractivity contribution in [2.24, 2.45) is 7.05 Å². The van der Waals surface area contributed by atoms with Gasteiger partial charge in [-0.2, -0.15) is 10.2 Å². The molecule has 3 rings (SSSR count). The van der Waals surface area contributed by atoms with Gasteiger partial charge in [0.05, 0.1) is 17.4 Å². The third-order valence-corrected chi connectivity index (χ3v) is 4.06. The van der Waals surface area contributed by atoms with Crippen molar-refractivity contribution in [3.05, 3.63) is 52.9 Å². The van der Waals surface area contributed by atoms with Gasteiger partial charge in [0, 0.05) is 23.8 Å². The number of hydrogen-bond acceptors (Lipinski definition) is 4. The third kappa shape index (κ3) is 4.23. The number of nitrogens with one attached hydrogen (secondary N) is 2. The number of benzene rings is 1. The van der Waals surface area contributed by atoms with Crippen LogP contribution in [0.25, 0.3) is 11.3 Å². The van der Waals surface area contributed by atoms with Gasteiger partial charge in [-0.3, -0.25) is 14.6 Å². The summed E-state index contributed by atoms with van der Waals surface area (Å²) in [5.74, 6) is 0.462.